The Morgan fingerprint density at radius 2 is 1.77 bits per heavy atom. The number of amides is 1. The van der Waals surface area contributed by atoms with Gasteiger partial charge in [-0.3, -0.25) is 19.3 Å². The number of nitrogens with one attached hydrogen (secondary N) is 1. The number of carboxylic acid groups (broad SMARTS) is 1. The molecule has 1 fully saturated rings. The number of ether oxygens (including phenoxy) is 1. The number of aryl methyl sites for hydroxylation is 2. The van der Waals surface area contributed by atoms with Gasteiger partial charge in [-0.1, -0.05) is 68.1 Å². The fourth-order valence-corrected chi connectivity index (χ4v) is 6.62. The van der Waals surface area contributed by atoms with Crippen molar-refractivity contribution in [2.45, 2.75) is 82.9 Å². The Kier molecular flexibility index (Phi) is 10.7. The lowest BCUT2D eigenvalue weighted by molar-refractivity contribution is -0.138. The molecule has 0 aliphatic carbocycles. The number of hydrogen-bond donors (Lipinski definition) is 2. The van der Waals surface area contributed by atoms with Gasteiger partial charge in [0.2, 0.25) is 5.91 Å². The average molecular weight is 600 g/mol. The van der Waals surface area contributed by atoms with Crippen molar-refractivity contribution >= 4 is 11.9 Å². The molecular formula is C36H45N3O5. The van der Waals surface area contributed by atoms with Crippen molar-refractivity contribution in [3.63, 3.8) is 0 Å². The summed E-state index contributed by atoms with van der Waals surface area (Å²) in [5.74, 6) is -1.32. The van der Waals surface area contributed by atoms with E-state index in [-0.39, 0.29) is 24.0 Å². The van der Waals surface area contributed by atoms with Gasteiger partial charge in [0.25, 0.3) is 5.56 Å². The Hall–Kier alpha value is -3.75. The first kappa shape index (κ1) is 31.7. The van der Waals surface area contributed by atoms with Gasteiger partial charge >= 0.3 is 5.97 Å². The summed E-state index contributed by atoms with van der Waals surface area (Å²) < 4.78 is 6.94. The van der Waals surface area contributed by atoms with Gasteiger partial charge in [-0.2, -0.15) is 0 Å². The molecule has 2 aliphatic heterocycles. The first-order chi connectivity index (χ1) is 21.3. The molecule has 2 atom stereocenters. The third-order valence-corrected chi connectivity index (χ3v) is 9.17. The topological polar surface area (TPSA) is 101 Å². The first-order valence-electron chi connectivity index (χ1n) is 16.0. The second kappa shape index (κ2) is 14.8. The van der Waals surface area contributed by atoms with Gasteiger partial charge in [0.05, 0.1) is 18.6 Å². The molecular weight excluding hydrogens is 554 g/mol. The minimum atomic E-state index is -0.996. The van der Waals surface area contributed by atoms with Gasteiger partial charge in [-0.15, -0.1) is 0 Å². The Labute approximate surface area is 260 Å². The number of pyridine rings is 1. The van der Waals surface area contributed by atoms with Crippen LogP contribution in [0.25, 0.3) is 11.1 Å². The van der Waals surface area contributed by atoms with Crippen molar-refractivity contribution in [3.8, 4) is 11.1 Å². The second-order valence-corrected chi connectivity index (χ2v) is 12.4. The van der Waals surface area contributed by atoms with Crippen molar-refractivity contribution in [3.05, 3.63) is 93.4 Å². The van der Waals surface area contributed by atoms with Crippen LogP contribution in [0.5, 0.6) is 0 Å². The van der Waals surface area contributed by atoms with E-state index in [0.717, 1.165) is 81.3 Å². The number of methoxy groups -OCH3 is 1. The van der Waals surface area contributed by atoms with Crippen LogP contribution in [-0.2, 0) is 27.2 Å². The number of aromatic nitrogens is 1. The van der Waals surface area contributed by atoms with Gasteiger partial charge < -0.3 is 19.7 Å². The predicted octanol–water partition coefficient (Wildman–Crippen LogP) is 5.47. The average Bonchev–Trinajstić information content (AvgIpc) is 2.98. The summed E-state index contributed by atoms with van der Waals surface area (Å²) >= 11 is 0. The highest BCUT2D eigenvalue weighted by molar-refractivity contribution is 5.82. The number of carbonyl (C=O) groups excluding carboxylic acids is 1. The summed E-state index contributed by atoms with van der Waals surface area (Å²) in [6.07, 6.45) is 9.10. The van der Waals surface area contributed by atoms with Crippen LogP contribution in [-0.4, -0.2) is 59.3 Å². The maximum absolute atomic E-state index is 14.0. The highest BCUT2D eigenvalue weighted by Gasteiger charge is 2.28. The van der Waals surface area contributed by atoms with Crippen molar-refractivity contribution in [1.82, 2.24) is 14.8 Å². The van der Waals surface area contributed by atoms with E-state index in [0.29, 0.717) is 6.42 Å². The zero-order valence-corrected chi connectivity index (χ0v) is 26.0. The minimum Gasteiger partial charge on any atom is -0.481 e. The molecule has 5 rings (SSSR count). The van der Waals surface area contributed by atoms with E-state index in [4.69, 9.17) is 4.74 Å². The van der Waals surface area contributed by atoms with Crippen LogP contribution in [0.1, 0.15) is 79.3 Å². The Morgan fingerprint density at radius 1 is 1.00 bits per heavy atom. The number of carbonyl (C=O) groups is 2. The van der Waals surface area contributed by atoms with Crippen molar-refractivity contribution < 1.29 is 19.4 Å². The van der Waals surface area contributed by atoms with Crippen molar-refractivity contribution in [2.24, 2.45) is 0 Å². The quantitative estimate of drug-likeness (QED) is 0.374. The van der Waals surface area contributed by atoms with Gasteiger partial charge in [0.1, 0.15) is 6.04 Å². The highest BCUT2D eigenvalue weighted by atomic mass is 16.5. The molecule has 1 saturated heterocycles. The zero-order chi connectivity index (χ0) is 31.1. The van der Waals surface area contributed by atoms with Gasteiger partial charge in [-0.05, 0) is 72.1 Å². The molecule has 2 N–H and O–H groups in total. The number of fused-ring (bicyclic) bond motifs is 4. The fourth-order valence-electron chi connectivity index (χ4n) is 6.62. The lowest BCUT2D eigenvalue weighted by Crippen LogP contribution is -2.52. The van der Waals surface area contributed by atoms with E-state index in [1.165, 1.54) is 16.7 Å². The molecule has 0 radical (unpaired) electrons. The largest absolute Gasteiger partial charge is 0.481 e. The fraction of sp³-hybridized carbons (Fsp3) is 0.472. The molecule has 1 amide bonds. The van der Waals surface area contributed by atoms with Gasteiger partial charge in [0, 0.05) is 39.0 Å². The van der Waals surface area contributed by atoms with E-state index < -0.39 is 18.1 Å². The molecule has 2 aromatic carbocycles. The normalized spacial score (nSPS) is 20.4. The maximum Gasteiger partial charge on any atom is 0.305 e. The first-order valence-corrected chi connectivity index (χ1v) is 16.0. The predicted molar refractivity (Wildman–Crippen MR) is 172 cm³/mol. The number of carboxylic acids is 1. The van der Waals surface area contributed by atoms with Crippen LogP contribution >= 0.6 is 0 Å². The number of benzene rings is 2. The zero-order valence-electron chi connectivity index (χ0n) is 26.0. The maximum atomic E-state index is 14.0. The summed E-state index contributed by atoms with van der Waals surface area (Å²) in [7, 11) is 1.73. The second-order valence-electron chi connectivity index (χ2n) is 12.4. The van der Waals surface area contributed by atoms with Crippen LogP contribution in [0.3, 0.4) is 0 Å². The van der Waals surface area contributed by atoms with E-state index in [9.17, 15) is 19.5 Å². The van der Waals surface area contributed by atoms with Crippen LogP contribution in [0.15, 0.2) is 65.6 Å². The van der Waals surface area contributed by atoms with E-state index in [1.807, 2.05) is 30.5 Å². The SMILES string of the molecule is COC1CN(CCc2ccc(=O)n([C@H]3CCCCCCCc4cccc(C)c4-c4cccc(c4)[C@H](CC(=O)O)NC3=O)c2)C1. The smallest absolute Gasteiger partial charge is 0.305 e. The number of aliphatic carboxylic acids is 1. The molecule has 8 nitrogen and oxygen atoms in total. The Bertz CT molecular complexity index is 1510. The lowest BCUT2D eigenvalue weighted by Gasteiger charge is -2.38. The molecule has 44 heavy (non-hydrogen) atoms. The van der Waals surface area contributed by atoms with Gasteiger partial charge in [0.15, 0.2) is 0 Å². The monoisotopic (exact) mass is 599 g/mol. The molecule has 0 saturated carbocycles. The molecule has 234 valence electrons. The summed E-state index contributed by atoms with van der Waals surface area (Å²) in [4.78, 5) is 41.5. The van der Waals surface area contributed by atoms with Crippen LogP contribution in [0.2, 0.25) is 0 Å². The molecule has 0 unspecified atom stereocenters. The lowest BCUT2D eigenvalue weighted by atomic mass is 9.89. The number of likely N-dealkylation sites (tertiary alicyclic amines) is 1. The highest BCUT2D eigenvalue weighted by Crippen LogP contribution is 2.32. The molecule has 2 aliphatic rings. The standard InChI is InChI=1S/C36H45N3O5/c1-25-10-8-12-27-11-6-4-3-5-7-15-32(39-22-26(16-17-33(39)40)18-19-38-23-30(24-38)44-2)36(43)37-31(21-34(41)42)28-13-9-14-29(20-28)35(25)27/h8-10,12-14,16-17,20,22,30-32H,3-7,11,15,18-19,21,23-24H2,1-2H3,(H,37,43)(H,41,42)/t31-,32-/m0/s1. The number of hydrogen-bond acceptors (Lipinski definition) is 5. The van der Waals surface area contributed by atoms with Gasteiger partial charge in [-0.25, -0.2) is 0 Å². The van der Waals surface area contributed by atoms with E-state index >= 15 is 0 Å². The Balaban J connectivity index is 1.45. The third-order valence-electron chi connectivity index (χ3n) is 9.17. The molecule has 1 aromatic heterocycles. The summed E-state index contributed by atoms with van der Waals surface area (Å²) in [5, 5.41) is 12.9. The van der Waals surface area contributed by atoms with Crippen molar-refractivity contribution in [1.29, 1.82) is 0 Å². The van der Waals surface area contributed by atoms with E-state index in [1.54, 1.807) is 17.7 Å². The molecule has 3 heterocycles. The summed E-state index contributed by atoms with van der Waals surface area (Å²) in [5.41, 5.74) is 6.17. The summed E-state index contributed by atoms with van der Waals surface area (Å²) in [6.45, 7) is 4.77. The third kappa shape index (κ3) is 7.85. The molecule has 8 heteroatoms. The van der Waals surface area contributed by atoms with Crippen LogP contribution < -0.4 is 10.9 Å². The number of rotatable bonds is 7. The number of nitrogens with zero attached hydrogens (tertiary/aromatic N) is 2. The Morgan fingerprint density at radius 3 is 2.57 bits per heavy atom. The van der Waals surface area contributed by atoms with E-state index in [2.05, 4.69) is 41.4 Å². The molecule has 0 spiro atoms. The summed E-state index contributed by atoms with van der Waals surface area (Å²) in [6, 6.07) is 16.2. The minimum absolute atomic E-state index is 0.226. The van der Waals surface area contributed by atoms with Crippen LogP contribution in [0.4, 0.5) is 0 Å². The molecule has 3 aromatic rings. The van der Waals surface area contributed by atoms with Crippen molar-refractivity contribution in [2.75, 3.05) is 26.7 Å². The molecule has 2 bridgehead atoms. The van der Waals surface area contributed by atoms with Crippen LogP contribution in [0, 0.1) is 6.92 Å².